The summed E-state index contributed by atoms with van der Waals surface area (Å²) in [5.41, 5.74) is 5.83. The third-order valence-electron chi connectivity index (χ3n) is 3.13. The van der Waals surface area contributed by atoms with Crippen molar-refractivity contribution in [2.45, 2.75) is 24.6 Å². The molecule has 1 aliphatic heterocycles. The van der Waals surface area contributed by atoms with E-state index in [0.29, 0.717) is 0 Å². The SMILES string of the molecule is Nc1ccccc1C(=O)OC1O[C@H](COP(=O)(O)O)[C@@H](O)[C@H]1O. The first kappa shape index (κ1) is 17.8. The van der Waals surface area contributed by atoms with E-state index in [9.17, 15) is 19.6 Å². The Morgan fingerprint density at radius 2 is 1.91 bits per heavy atom. The maximum absolute atomic E-state index is 12.0. The molecular formula is C12H16NO9P. The number of aliphatic hydroxyl groups is 2. The lowest BCUT2D eigenvalue weighted by molar-refractivity contribution is -0.138. The zero-order valence-electron chi connectivity index (χ0n) is 11.7. The Hall–Kier alpha value is -1.52. The fourth-order valence-electron chi connectivity index (χ4n) is 1.97. The molecule has 10 nitrogen and oxygen atoms in total. The Morgan fingerprint density at radius 3 is 2.52 bits per heavy atom. The van der Waals surface area contributed by atoms with E-state index in [2.05, 4.69) is 4.52 Å². The Bertz CT molecular complexity index is 618. The van der Waals surface area contributed by atoms with Gasteiger partial charge >= 0.3 is 13.8 Å². The molecular weight excluding hydrogens is 333 g/mol. The third kappa shape index (κ3) is 4.49. The van der Waals surface area contributed by atoms with Crippen molar-refractivity contribution in [3.8, 4) is 0 Å². The summed E-state index contributed by atoms with van der Waals surface area (Å²) in [4.78, 5) is 29.2. The predicted molar refractivity (Wildman–Crippen MR) is 74.9 cm³/mol. The first-order valence-corrected chi connectivity index (χ1v) is 7.99. The molecule has 0 saturated carbocycles. The minimum Gasteiger partial charge on any atom is -0.429 e. The molecule has 1 aromatic rings. The number of hydrogen-bond donors (Lipinski definition) is 5. The average Bonchev–Trinajstić information content (AvgIpc) is 2.73. The summed E-state index contributed by atoms with van der Waals surface area (Å²) in [5, 5.41) is 19.5. The van der Waals surface area contributed by atoms with Gasteiger partial charge in [0, 0.05) is 5.69 Å². The zero-order chi connectivity index (χ0) is 17.2. The van der Waals surface area contributed by atoms with Gasteiger partial charge in [0.05, 0.1) is 12.2 Å². The standard InChI is InChI=1S/C12H16NO9P/c13-7-4-2-1-3-6(7)11(16)22-12-10(15)9(14)8(21-12)5-20-23(17,18)19/h1-4,8-10,12,14-15H,5,13H2,(H2,17,18,19)/t8-,9-,10-,12?/m1/s1. The van der Waals surface area contributed by atoms with E-state index in [-0.39, 0.29) is 11.3 Å². The monoisotopic (exact) mass is 349 g/mol. The Balaban J connectivity index is 2.00. The molecule has 0 amide bonds. The first-order valence-electron chi connectivity index (χ1n) is 6.46. The van der Waals surface area contributed by atoms with Gasteiger partial charge in [-0.3, -0.25) is 4.52 Å². The van der Waals surface area contributed by atoms with Gasteiger partial charge in [-0.15, -0.1) is 0 Å². The number of ether oxygens (including phenoxy) is 2. The van der Waals surface area contributed by atoms with Crippen LogP contribution in [0.1, 0.15) is 10.4 Å². The normalized spacial score (nSPS) is 27.8. The number of phosphoric ester groups is 1. The van der Waals surface area contributed by atoms with Crippen LogP contribution >= 0.6 is 7.82 Å². The van der Waals surface area contributed by atoms with Crippen molar-refractivity contribution in [1.29, 1.82) is 0 Å². The minimum absolute atomic E-state index is 0.0488. The van der Waals surface area contributed by atoms with Crippen molar-refractivity contribution < 1.29 is 43.4 Å². The second kappa shape index (κ2) is 6.93. The van der Waals surface area contributed by atoms with Gasteiger partial charge in [-0.05, 0) is 12.1 Å². The van der Waals surface area contributed by atoms with Crippen molar-refractivity contribution in [2.24, 2.45) is 0 Å². The third-order valence-corrected chi connectivity index (χ3v) is 3.61. The molecule has 1 unspecified atom stereocenters. The van der Waals surface area contributed by atoms with Crippen LogP contribution in [-0.2, 0) is 18.6 Å². The number of benzene rings is 1. The van der Waals surface area contributed by atoms with Gasteiger partial charge in [-0.25, -0.2) is 9.36 Å². The van der Waals surface area contributed by atoms with Crippen LogP contribution in [0.4, 0.5) is 5.69 Å². The fourth-order valence-corrected chi connectivity index (χ4v) is 2.31. The van der Waals surface area contributed by atoms with Gasteiger partial charge in [-0.1, -0.05) is 12.1 Å². The summed E-state index contributed by atoms with van der Waals surface area (Å²) in [7, 11) is -4.76. The molecule has 128 valence electrons. The number of carbonyl (C=O) groups is 1. The van der Waals surface area contributed by atoms with Gasteiger partial charge < -0.3 is 35.2 Å². The van der Waals surface area contributed by atoms with E-state index in [1.807, 2.05) is 0 Å². The van der Waals surface area contributed by atoms with Crippen LogP contribution < -0.4 is 5.73 Å². The maximum atomic E-state index is 12.0. The molecule has 0 bridgehead atoms. The summed E-state index contributed by atoms with van der Waals surface area (Å²) in [6.45, 7) is -0.690. The molecule has 1 fully saturated rings. The van der Waals surface area contributed by atoms with Crippen molar-refractivity contribution >= 4 is 19.5 Å². The number of hydrogen-bond acceptors (Lipinski definition) is 8. The predicted octanol–water partition coefficient (Wildman–Crippen LogP) is -1.02. The molecule has 1 aromatic carbocycles. The quantitative estimate of drug-likeness (QED) is 0.252. The highest BCUT2D eigenvalue weighted by Gasteiger charge is 2.45. The first-order chi connectivity index (χ1) is 10.7. The summed E-state index contributed by atoms with van der Waals surface area (Å²) < 4.78 is 24.8. The molecule has 6 N–H and O–H groups in total. The van der Waals surface area contributed by atoms with Crippen molar-refractivity contribution in [3.05, 3.63) is 29.8 Å². The van der Waals surface area contributed by atoms with Crippen LogP contribution in [0.15, 0.2) is 24.3 Å². The second-order valence-electron chi connectivity index (χ2n) is 4.80. The highest BCUT2D eigenvalue weighted by Crippen LogP contribution is 2.37. The van der Waals surface area contributed by atoms with Crippen molar-refractivity contribution in [3.63, 3.8) is 0 Å². The summed E-state index contributed by atoms with van der Waals surface area (Å²) in [6.07, 6.45) is -5.95. The number of nitrogen functional groups attached to an aromatic ring is 1. The molecule has 0 aromatic heterocycles. The summed E-state index contributed by atoms with van der Waals surface area (Å²) in [5.74, 6) is -0.879. The largest absolute Gasteiger partial charge is 0.469 e. The van der Waals surface area contributed by atoms with E-state index in [0.717, 1.165) is 0 Å². The fraction of sp³-hybridized carbons (Fsp3) is 0.417. The van der Waals surface area contributed by atoms with Gasteiger partial charge in [0.15, 0.2) is 0 Å². The van der Waals surface area contributed by atoms with Crippen LogP contribution in [-0.4, -0.2) is 57.2 Å². The van der Waals surface area contributed by atoms with Gasteiger partial charge in [-0.2, -0.15) is 0 Å². The van der Waals surface area contributed by atoms with E-state index >= 15 is 0 Å². The van der Waals surface area contributed by atoms with Gasteiger partial charge in [0.2, 0.25) is 6.29 Å². The van der Waals surface area contributed by atoms with Crippen LogP contribution in [0.2, 0.25) is 0 Å². The number of nitrogens with two attached hydrogens (primary N) is 1. The van der Waals surface area contributed by atoms with Crippen LogP contribution in [0, 0.1) is 0 Å². The van der Waals surface area contributed by atoms with Crippen molar-refractivity contribution in [1.82, 2.24) is 0 Å². The van der Waals surface area contributed by atoms with E-state index in [1.165, 1.54) is 12.1 Å². The van der Waals surface area contributed by atoms with E-state index in [4.69, 9.17) is 25.0 Å². The molecule has 0 aliphatic carbocycles. The molecule has 2 rings (SSSR count). The highest BCUT2D eigenvalue weighted by molar-refractivity contribution is 7.46. The van der Waals surface area contributed by atoms with E-state index < -0.39 is 45.0 Å². The zero-order valence-corrected chi connectivity index (χ0v) is 12.6. The second-order valence-corrected chi connectivity index (χ2v) is 6.04. The summed E-state index contributed by atoms with van der Waals surface area (Å²) in [6, 6.07) is 6.06. The number of aliphatic hydroxyl groups excluding tert-OH is 2. The topological polar surface area (TPSA) is 169 Å². The lowest BCUT2D eigenvalue weighted by Crippen LogP contribution is -2.35. The number of esters is 1. The molecule has 1 aliphatic rings. The average molecular weight is 349 g/mol. The number of anilines is 1. The number of carbonyl (C=O) groups excluding carboxylic acids is 1. The Morgan fingerprint density at radius 1 is 1.26 bits per heavy atom. The van der Waals surface area contributed by atoms with Crippen LogP contribution in [0.5, 0.6) is 0 Å². The van der Waals surface area contributed by atoms with Gasteiger partial charge in [0.1, 0.15) is 18.3 Å². The number of para-hydroxylation sites is 1. The minimum atomic E-state index is -4.76. The lowest BCUT2D eigenvalue weighted by atomic mass is 10.1. The molecule has 0 radical (unpaired) electrons. The van der Waals surface area contributed by atoms with E-state index in [1.54, 1.807) is 12.1 Å². The maximum Gasteiger partial charge on any atom is 0.469 e. The Labute approximate surface area is 130 Å². The van der Waals surface area contributed by atoms with Crippen LogP contribution in [0.25, 0.3) is 0 Å². The molecule has 4 atom stereocenters. The Kier molecular flexibility index (Phi) is 5.37. The lowest BCUT2D eigenvalue weighted by Gasteiger charge is -2.16. The molecule has 11 heteroatoms. The molecule has 23 heavy (non-hydrogen) atoms. The molecule has 1 heterocycles. The van der Waals surface area contributed by atoms with Crippen LogP contribution in [0.3, 0.4) is 0 Å². The summed E-state index contributed by atoms with van der Waals surface area (Å²) >= 11 is 0. The number of phosphoric acid groups is 1. The van der Waals surface area contributed by atoms with Gasteiger partial charge in [0.25, 0.3) is 0 Å². The molecule has 1 saturated heterocycles. The van der Waals surface area contributed by atoms with Crippen molar-refractivity contribution in [2.75, 3.05) is 12.3 Å². The molecule has 0 spiro atoms. The highest BCUT2D eigenvalue weighted by atomic mass is 31.2. The number of rotatable bonds is 5. The smallest absolute Gasteiger partial charge is 0.429 e.